The number of carbonyl (C=O) groups is 7. The molecule has 140 heavy (non-hydrogen) atoms. The van der Waals surface area contributed by atoms with Crippen LogP contribution in [0.3, 0.4) is 0 Å². The SMILES string of the molecule is CNC(=O)Cn1cc(NC(=O)c2cnn3cccnc23)c(-c2cc3c(cc2OC(F)F)NCCO3)n1.CNC(=O)Cn1cc(NC(=O)c2cnn3cccnc23)c(-c2cc3c(cc2OC(F)F)NCCS3)n1.CNC(=O)Cn1cc(NC(=O)c2cnn3cccnc23)c(-c2cc3c(cc2OC(F)F)SCCO3)n1.C[C@@H]1CNc2cc(OC(F)F)c(-c3[nH]ncc3NC(=O)c3cnn4cccnc34)cc2O1. The van der Waals surface area contributed by atoms with Crippen LogP contribution in [0.15, 0.2) is 182 Å². The van der Waals surface area contributed by atoms with Gasteiger partial charge in [0.2, 0.25) is 17.7 Å². The largest absolute Gasteiger partial charge is 0.492 e. The number of aromatic amines is 1. The number of benzene rings is 4. The Kier molecular flexibility index (Phi) is 28.2. The second-order valence-corrected chi connectivity index (χ2v) is 32.2. The second-order valence-electron chi connectivity index (χ2n) is 29.9. The number of likely N-dealkylation sites (N-methyl/N-ethyl adjacent to an activating group) is 3. The zero-order chi connectivity index (χ0) is 97.9. The maximum atomic E-state index is 13.3. The molecule has 0 radical (unpaired) electrons. The van der Waals surface area contributed by atoms with E-state index in [1.54, 1.807) is 79.1 Å². The lowest BCUT2D eigenvalue weighted by atomic mass is 10.1. The Hall–Kier alpha value is -17.4. The van der Waals surface area contributed by atoms with Gasteiger partial charge in [0.05, 0.1) is 106 Å². The first kappa shape index (κ1) is 94.4. The molecular formula is C86H76F8N30O14S2. The average molecular weight is 1970 g/mol. The highest BCUT2D eigenvalue weighted by Gasteiger charge is 2.33. The summed E-state index contributed by atoms with van der Waals surface area (Å²) >= 11 is 3.00. The molecule has 16 aromatic rings. The van der Waals surface area contributed by atoms with Crippen molar-refractivity contribution in [1.82, 2.24) is 114 Å². The zero-order valence-corrected chi connectivity index (χ0v) is 74.8. The van der Waals surface area contributed by atoms with Crippen molar-refractivity contribution in [1.29, 1.82) is 0 Å². The molecule has 4 aromatic carbocycles. The van der Waals surface area contributed by atoms with Crippen LogP contribution in [-0.4, -0.2) is 237 Å². The van der Waals surface area contributed by atoms with Crippen molar-refractivity contribution in [3.63, 3.8) is 0 Å². The number of amides is 7. The number of alkyl halides is 8. The Balaban J connectivity index is 0.000000129. The fourth-order valence-corrected chi connectivity index (χ4v) is 16.3. The maximum absolute atomic E-state index is 13.3. The van der Waals surface area contributed by atoms with Crippen LogP contribution in [0.5, 0.6) is 40.2 Å². The zero-order valence-electron chi connectivity index (χ0n) is 73.2. The molecule has 0 unspecified atom stereocenters. The number of thioether (sulfide) groups is 2. The van der Waals surface area contributed by atoms with E-state index in [9.17, 15) is 68.7 Å². The summed E-state index contributed by atoms with van der Waals surface area (Å²) in [6.07, 6.45) is 23.8. The molecule has 0 saturated carbocycles. The second kappa shape index (κ2) is 41.9. The van der Waals surface area contributed by atoms with Crippen LogP contribution in [0, 0.1) is 0 Å². The molecule has 0 aliphatic carbocycles. The van der Waals surface area contributed by atoms with Gasteiger partial charge in [-0.05, 0) is 61.5 Å². The number of H-pyrrole nitrogens is 1. The number of halogens is 8. The molecule has 0 bridgehead atoms. The molecule has 0 spiro atoms. The van der Waals surface area contributed by atoms with Gasteiger partial charge in [0.15, 0.2) is 22.6 Å². The molecule has 20 rings (SSSR count). The van der Waals surface area contributed by atoms with Gasteiger partial charge in [0.1, 0.15) is 112 Å². The quantitative estimate of drug-likeness (QED) is 0.0224. The molecule has 722 valence electrons. The van der Waals surface area contributed by atoms with Crippen molar-refractivity contribution < 1.29 is 102 Å². The number of rotatable bonds is 26. The van der Waals surface area contributed by atoms with Gasteiger partial charge in [-0.15, -0.1) is 23.5 Å². The number of aromatic nitrogens is 20. The maximum Gasteiger partial charge on any atom is 0.387 e. The van der Waals surface area contributed by atoms with Gasteiger partial charge in [-0.2, -0.15) is 75.9 Å². The van der Waals surface area contributed by atoms with Gasteiger partial charge in [-0.3, -0.25) is 52.7 Å². The van der Waals surface area contributed by atoms with E-state index in [1.807, 2.05) is 6.92 Å². The van der Waals surface area contributed by atoms with Gasteiger partial charge in [0, 0.05) is 148 Å². The van der Waals surface area contributed by atoms with Gasteiger partial charge >= 0.3 is 26.4 Å². The van der Waals surface area contributed by atoms with E-state index in [1.165, 1.54) is 170 Å². The number of nitrogens with one attached hydrogen (secondary N) is 11. The molecule has 16 heterocycles. The normalized spacial score (nSPS) is 13.3. The minimum atomic E-state index is -3.11. The van der Waals surface area contributed by atoms with Crippen molar-refractivity contribution in [3.8, 4) is 85.3 Å². The van der Waals surface area contributed by atoms with Crippen LogP contribution in [0.4, 0.5) is 74.9 Å². The number of hydrogen-bond acceptors (Lipinski definition) is 31. The van der Waals surface area contributed by atoms with E-state index in [2.05, 4.69) is 119 Å². The molecule has 12 aromatic heterocycles. The first-order valence-corrected chi connectivity index (χ1v) is 43.9. The highest BCUT2D eigenvalue weighted by molar-refractivity contribution is 7.99. The Labute approximate surface area is 790 Å². The lowest BCUT2D eigenvalue weighted by Gasteiger charge is -2.26. The highest BCUT2D eigenvalue weighted by Crippen LogP contribution is 2.49. The van der Waals surface area contributed by atoms with Crippen LogP contribution in [-0.2, 0) is 34.0 Å². The fourth-order valence-electron chi connectivity index (χ4n) is 14.6. The molecule has 0 fully saturated rings. The molecule has 7 amide bonds. The summed E-state index contributed by atoms with van der Waals surface area (Å²) < 4.78 is 152. The molecule has 44 nitrogen and oxygen atoms in total. The van der Waals surface area contributed by atoms with E-state index in [0.29, 0.717) is 100 Å². The molecule has 11 N–H and O–H groups in total. The summed E-state index contributed by atoms with van der Waals surface area (Å²) in [4.78, 5) is 106. The van der Waals surface area contributed by atoms with Crippen LogP contribution in [0.1, 0.15) is 48.4 Å². The van der Waals surface area contributed by atoms with Gasteiger partial charge in [0.25, 0.3) is 23.6 Å². The molecule has 4 aliphatic heterocycles. The predicted molar refractivity (Wildman–Crippen MR) is 487 cm³/mol. The number of anilines is 7. The third kappa shape index (κ3) is 21.3. The van der Waals surface area contributed by atoms with E-state index >= 15 is 0 Å². The van der Waals surface area contributed by atoms with Crippen molar-refractivity contribution in [2.45, 2.75) is 68.9 Å². The van der Waals surface area contributed by atoms with Crippen molar-refractivity contribution in [2.24, 2.45) is 0 Å². The fraction of sp³-hybridized carbons (Fsp3) is 0.221. The molecule has 0 saturated heterocycles. The Bertz CT molecular complexity index is 6850. The standard InChI is InChI=1S/C22H20F2N8O4.C22H20F2N8O3S.C22H19F2N7O4S.C20H17F2N7O3/c1-25-18(33)11-31-10-15(29-21(34)13-9-28-32-5-2-3-27-20(13)32)19(30-31)12-7-17-14(26-4-6-35-17)8-16(12)36-22(23)24;1-25-18(33)11-31-10-15(29-21(34)13-9-28-32-5-2-3-27-20(13)32)19(30-31)12-7-17-14(26-4-6-36-17)8-16(12)35-22(23)24;1-25-18(32)11-30-10-14(28-21(33)13-9-27-31-4-2-3-26-20(13)31)19(29-30)12-7-16-17(36-6-5-34-16)8-15(12)35-22(23)24;1-10-7-24-13-6-15(32-20(21)22)11(5-16(13)31-10)17-14(9-25-28-17)27-19(30)12-8-26-29-4-2-3-23-18(12)29/h2*2-3,5,7-10,22,26H,4,6,11H2,1H3,(H,25,33)(H,29,34);2-4,7-10,22H,5-6,11H2,1H3,(H,25,32)(H,28,33);2-6,8-10,20,24H,7H2,1H3,(H,25,28)(H,27,30)/t;;;10-/m...1/s1. The van der Waals surface area contributed by atoms with Crippen LogP contribution < -0.4 is 86.3 Å². The summed E-state index contributed by atoms with van der Waals surface area (Å²) in [5, 5.41) is 64.1. The van der Waals surface area contributed by atoms with E-state index in [-0.39, 0.29) is 156 Å². The number of fused-ring (bicyclic) bond motifs is 8. The summed E-state index contributed by atoms with van der Waals surface area (Å²) in [5.41, 5.74) is 6.13. The number of nitrogens with zero attached hydrogens (tertiary/aromatic N) is 19. The Morgan fingerprint density at radius 1 is 0.429 bits per heavy atom. The molecule has 1 atom stereocenters. The third-order valence-corrected chi connectivity index (χ3v) is 22.9. The number of carbonyl (C=O) groups excluding carboxylic acids is 7. The van der Waals surface area contributed by atoms with Gasteiger partial charge in [-0.25, -0.2) is 38.0 Å². The van der Waals surface area contributed by atoms with Gasteiger partial charge in [-0.1, -0.05) is 0 Å². The summed E-state index contributed by atoms with van der Waals surface area (Å²) in [5.74, 6) is -0.872. The molecule has 54 heteroatoms. The minimum absolute atomic E-state index is 0.0956. The first-order valence-electron chi connectivity index (χ1n) is 42.0. The third-order valence-electron chi connectivity index (χ3n) is 20.8. The summed E-state index contributed by atoms with van der Waals surface area (Å²) in [6, 6.07) is 18.8. The van der Waals surface area contributed by atoms with E-state index < -0.39 is 50.1 Å². The molecule has 4 aliphatic rings. The topological polar surface area (TPSA) is 507 Å². The highest BCUT2D eigenvalue weighted by atomic mass is 32.2. The number of ether oxygens (including phenoxy) is 7. The van der Waals surface area contributed by atoms with Crippen LogP contribution in [0.2, 0.25) is 0 Å². The molecular weight excluding hydrogens is 1890 g/mol. The van der Waals surface area contributed by atoms with Gasteiger partial charge < -0.3 is 86.3 Å². The number of hydrogen-bond donors (Lipinski definition) is 11. The van der Waals surface area contributed by atoms with E-state index in [0.717, 1.165) is 10.6 Å². The van der Waals surface area contributed by atoms with Crippen LogP contribution in [0.25, 0.3) is 67.6 Å². The lowest BCUT2D eigenvalue weighted by Crippen LogP contribution is -2.27. The smallest absolute Gasteiger partial charge is 0.387 e. The van der Waals surface area contributed by atoms with Crippen LogP contribution >= 0.6 is 23.5 Å². The first-order chi connectivity index (χ1) is 67.8. The van der Waals surface area contributed by atoms with Crippen molar-refractivity contribution >= 4 is 127 Å². The summed E-state index contributed by atoms with van der Waals surface area (Å²) in [7, 11) is 4.42. The van der Waals surface area contributed by atoms with Crippen molar-refractivity contribution in [3.05, 3.63) is 194 Å². The predicted octanol–water partition coefficient (Wildman–Crippen LogP) is 10.5. The van der Waals surface area contributed by atoms with Crippen molar-refractivity contribution in [2.75, 3.05) is 103 Å². The minimum Gasteiger partial charge on any atom is -0.492 e. The summed E-state index contributed by atoms with van der Waals surface area (Å²) in [6.45, 7) is -8.40. The Morgan fingerprint density at radius 3 is 1.25 bits per heavy atom. The monoisotopic (exact) mass is 1970 g/mol. The van der Waals surface area contributed by atoms with E-state index in [4.69, 9.17) is 33.2 Å². The lowest BCUT2D eigenvalue weighted by molar-refractivity contribution is -0.122. The average Bonchev–Trinajstić information content (AvgIpc) is 1.51. The Morgan fingerprint density at radius 2 is 0.807 bits per heavy atom.